The van der Waals surface area contributed by atoms with E-state index in [0.29, 0.717) is 30.9 Å². The fourth-order valence-corrected chi connectivity index (χ4v) is 2.22. The van der Waals surface area contributed by atoms with Crippen LogP contribution < -0.4 is 4.74 Å². The van der Waals surface area contributed by atoms with E-state index in [4.69, 9.17) is 4.74 Å². The highest BCUT2D eigenvalue weighted by Crippen LogP contribution is 2.26. The molecule has 7 heteroatoms. The molecule has 1 aromatic carbocycles. The van der Waals surface area contributed by atoms with E-state index in [-0.39, 0.29) is 5.69 Å². The van der Waals surface area contributed by atoms with Crippen molar-refractivity contribution in [2.45, 2.75) is 18.8 Å². The van der Waals surface area contributed by atoms with Crippen LogP contribution in [0.1, 0.15) is 5.56 Å². The van der Waals surface area contributed by atoms with E-state index in [0.717, 1.165) is 0 Å². The number of hydrogen-bond donors (Lipinski definition) is 2. The summed E-state index contributed by atoms with van der Waals surface area (Å²) in [6.07, 6.45) is -1.55. The summed E-state index contributed by atoms with van der Waals surface area (Å²) in [5.74, 6) is 0.557. The maximum Gasteiger partial charge on any atom is 0.270 e. The third-order valence-electron chi connectivity index (χ3n) is 3.20. The first-order valence-electron chi connectivity index (χ1n) is 5.91. The summed E-state index contributed by atoms with van der Waals surface area (Å²) in [4.78, 5) is 12.1. The van der Waals surface area contributed by atoms with Gasteiger partial charge in [-0.25, -0.2) is 0 Å². The molecule has 0 radical (unpaired) electrons. The molecule has 2 atom stereocenters. The van der Waals surface area contributed by atoms with E-state index in [1.54, 1.807) is 6.07 Å². The second-order valence-electron chi connectivity index (χ2n) is 4.58. The van der Waals surface area contributed by atoms with Gasteiger partial charge >= 0.3 is 0 Å². The van der Waals surface area contributed by atoms with E-state index < -0.39 is 17.1 Å². The minimum Gasteiger partial charge on any atom is -0.496 e. The zero-order chi connectivity index (χ0) is 14.0. The van der Waals surface area contributed by atoms with Crippen LogP contribution in [0.3, 0.4) is 0 Å². The number of nitrogens with zero attached hydrogens (tertiary/aromatic N) is 2. The smallest absolute Gasteiger partial charge is 0.270 e. The molecule has 1 saturated heterocycles. The maximum absolute atomic E-state index is 10.8. The Balaban J connectivity index is 2.18. The molecule has 0 bridgehead atoms. The van der Waals surface area contributed by atoms with Crippen molar-refractivity contribution in [2.24, 2.45) is 0 Å². The SMILES string of the molecule is COc1ccc([N+](=O)[O-])cc1CN1C[C@@H](O)[C@@H](O)C1. The van der Waals surface area contributed by atoms with E-state index >= 15 is 0 Å². The van der Waals surface area contributed by atoms with Crippen molar-refractivity contribution in [1.82, 2.24) is 4.90 Å². The summed E-state index contributed by atoms with van der Waals surface area (Å²) in [7, 11) is 1.50. The van der Waals surface area contributed by atoms with Crippen molar-refractivity contribution in [2.75, 3.05) is 20.2 Å². The summed E-state index contributed by atoms with van der Waals surface area (Å²) >= 11 is 0. The molecule has 0 unspecified atom stereocenters. The first-order valence-corrected chi connectivity index (χ1v) is 5.91. The zero-order valence-electron chi connectivity index (χ0n) is 10.5. The van der Waals surface area contributed by atoms with Gasteiger partial charge in [-0.2, -0.15) is 0 Å². The van der Waals surface area contributed by atoms with Crippen LogP contribution in [0.2, 0.25) is 0 Å². The van der Waals surface area contributed by atoms with Crippen molar-refractivity contribution in [1.29, 1.82) is 0 Å². The lowest BCUT2D eigenvalue weighted by atomic mass is 10.1. The minimum atomic E-state index is -0.773. The van der Waals surface area contributed by atoms with Crippen LogP contribution in [0.4, 0.5) is 5.69 Å². The number of non-ortho nitro benzene ring substituents is 1. The van der Waals surface area contributed by atoms with Gasteiger partial charge in [-0.05, 0) is 6.07 Å². The molecule has 19 heavy (non-hydrogen) atoms. The Morgan fingerprint density at radius 3 is 2.58 bits per heavy atom. The quantitative estimate of drug-likeness (QED) is 0.595. The molecule has 2 N–H and O–H groups in total. The maximum atomic E-state index is 10.8. The Bertz CT molecular complexity index is 469. The molecule has 1 fully saturated rings. The number of hydrogen-bond acceptors (Lipinski definition) is 6. The fraction of sp³-hybridized carbons (Fsp3) is 0.500. The first-order chi connectivity index (χ1) is 9.01. The Hall–Kier alpha value is -1.70. The fourth-order valence-electron chi connectivity index (χ4n) is 2.22. The van der Waals surface area contributed by atoms with Crippen LogP contribution in [0, 0.1) is 10.1 Å². The average molecular weight is 268 g/mol. The molecular formula is C12H16N2O5. The highest BCUT2D eigenvalue weighted by molar-refractivity contribution is 5.43. The van der Waals surface area contributed by atoms with Gasteiger partial charge < -0.3 is 14.9 Å². The number of nitro groups is 1. The Kier molecular flexibility index (Phi) is 3.98. The second kappa shape index (κ2) is 5.52. The summed E-state index contributed by atoms with van der Waals surface area (Å²) < 4.78 is 5.17. The average Bonchev–Trinajstić information content (AvgIpc) is 2.68. The predicted molar refractivity (Wildman–Crippen MR) is 66.9 cm³/mol. The normalized spacial score (nSPS) is 23.5. The minimum absolute atomic E-state index is 0.00362. The summed E-state index contributed by atoms with van der Waals surface area (Å²) in [5, 5.41) is 29.7. The number of rotatable bonds is 4. The van der Waals surface area contributed by atoms with Gasteiger partial charge in [0.25, 0.3) is 5.69 Å². The van der Waals surface area contributed by atoms with Gasteiger partial charge in [0.1, 0.15) is 5.75 Å². The van der Waals surface area contributed by atoms with Crippen molar-refractivity contribution in [3.63, 3.8) is 0 Å². The van der Waals surface area contributed by atoms with E-state index in [1.165, 1.54) is 19.2 Å². The van der Waals surface area contributed by atoms with Gasteiger partial charge in [-0.15, -0.1) is 0 Å². The first kappa shape index (κ1) is 13.7. The van der Waals surface area contributed by atoms with E-state index in [9.17, 15) is 20.3 Å². The molecule has 7 nitrogen and oxygen atoms in total. The molecule has 0 aliphatic carbocycles. The monoisotopic (exact) mass is 268 g/mol. The van der Waals surface area contributed by atoms with E-state index in [1.807, 2.05) is 4.90 Å². The van der Waals surface area contributed by atoms with Crippen molar-refractivity contribution >= 4 is 5.69 Å². The zero-order valence-corrected chi connectivity index (χ0v) is 10.5. The highest BCUT2D eigenvalue weighted by atomic mass is 16.6. The lowest BCUT2D eigenvalue weighted by molar-refractivity contribution is -0.384. The Morgan fingerprint density at radius 2 is 2.05 bits per heavy atom. The highest BCUT2D eigenvalue weighted by Gasteiger charge is 2.30. The number of ether oxygens (including phenoxy) is 1. The number of aliphatic hydroxyl groups is 2. The third-order valence-corrected chi connectivity index (χ3v) is 3.20. The molecule has 1 aliphatic heterocycles. The van der Waals surface area contributed by atoms with Crippen molar-refractivity contribution in [3.05, 3.63) is 33.9 Å². The topological polar surface area (TPSA) is 96.1 Å². The van der Waals surface area contributed by atoms with Crippen LogP contribution in [0.5, 0.6) is 5.75 Å². The van der Waals surface area contributed by atoms with E-state index in [2.05, 4.69) is 0 Å². The van der Waals surface area contributed by atoms with Gasteiger partial charge in [0, 0.05) is 37.3 Å². The van der Waals surface area contributed by atoms with Gasteiger partial charge in [0.15, 0.2) is 0 Å². The van der Waals surface area contributed by atoms with Crippen molar-refractivity contribution in [3.8, 4) is 5.75 Å². The van der Waals surface area contributed by atoms with Crippen LogP contribution in [0.15, 0.2) is 18.2 Å². The molecule has 2 rings (SSSR count). The molecule has 1 aliphatic rings. The number of benzene rings is 1. The molecule has 1 heterocycles. The molecule has 104 valence electrons. The molecule has 0 aromatic heterocycles. The molecule has 0 saturated carbocycles. The van der Waals surface area contributed by atoms with Gasteiger partial charge in [0.05, 0.1) is 24.2 Å². The molecule has 0 amide bonds. The van der Waals surface area contributed by atoms with Crippen LogP contribution in [0.25, 0.3) is 0 Å². The largest absolute Gasteiger partial charge is 0.496 e. The number of likely N-dealkylation sites (tertiary alicyclic amines) is 1. The molecular weight excluding hydrogens is 252 g/mol. The number of aliphatic hydroxyl groups excluding tert-OH is 2. The Labute approximate surface area is 110 Å². The second-order valence-corrected chi connectivity index (χ2v) is 4.58. The summed E-state index contributed by atoms with van der Waals surface area (Å²) in [5.41, 5.74) is 0.661. The van der Waals surface area contributed by atoms with Crippen molar-refractivity contribution < 1.29 is 19.9 Å². The Morgan fingerprint density at radius 1 is 1.42 bits per heavy atom. The lowest BCUT2D eigenvalue weighted by Gasteiger charge is -2.16. The lowest BCUT2D eigenvalue weighted by Crippen LogP contribution is -2.22. The standard InChI is InChI=1S/C12H16N2O5/c1-19-12-3-2-9(14(17)18)4-8(12)5-13-6-10(15)11(16)7-13/h2-4,10-11,15-16H,5-7H2,1H3/t10-,11+. The molecule has 0 spiro atoms. The summed E-state index contributed by atoms with van der Waals surface area (Å²) in [6.45, 7) is 1.07. The number of nitro benzene ring substituents is 1. The molecule has 1 aromatic rings. The predicted octanol–water partition coefficient (Wildman–Crippen LogP) is 0.141. The van der Waals surface area contributed by atoms with Crippen LogP contribution in [-0.4, -0.2) is 52.4 Å². The summed E-state index contributed by atoms with van der Waals surface area (Å²) in [6, 6.07) is 4.39. The number of methoxy groups -OCH3 is 1. The van der Waals surface area contributed by atoms with Crippen LogP contribution >= 0.6 is 0 Å². The van der Waals surface area contributed by atoms with Gasteiger partial charge in [-0.1, -0.05) is 0 Å². The van der Waals surface area contributed by atoms with Gasteiger partial charge in [0.2, 0.25) is 0 Å². The number of β-amino-alcohol motifs (C(OH)–C–C–N with tert-alkyl or cyclic N) is 2. The van der Waals surface area contributed by atoms with Gasteiger partial charge in [-0.3, -0.25) is 15.0 Å². The third kappa shape index (κ3) is 3.01. The van der Waals surface area contributed by atoms with Crippen LogP contribution in [-0.2, 0) is 6.54 Å².